The third-order valence-corrected chi connectivity index (χ3v) is 4.41. The first-order chi connectivity index (χ1) is 11.3. The van der Waals surface area contributed by atoms with Gasteiger partial charge < -0.3 is 10.6 Å². The van der Waals surface area contributed by atoms with Crippen LogP contribution in [-0.4, -0.2) is 43.2 Å². The summed E-state index contributed by atoms with van der Waals surface area (Å²) in [7, 11) is 0. The number of amides is 1. The van der Waals surface area contributed by atoms with Crippen molar-refractivity contribution in [3.05, 3.63) is 35.4 Å². The van der Waals surface area contributed by atoms with Crippen molar-refractivity contribution < 1.29 is 18.0 Å². The molecule has 2 atom stereocenters. The number of rotatable bonds is 5. The van der Waals surface area contributed by atoms with Crippen molar-refractivity contribution in [2.24, 2.45) is 0 Å². The molecule has 1 heterocycles. The smallest absolute Gasteiger partial charge is 0.342 e. The lowest BCUT2D eigenvalue weighted by Crippen LogP contribution is -2.45. The van der Waals surface area contributed by atoms with E-state index in [2.05, 4.69) is 17.1 Å². The zero-order valence-corrected chi connectivity index (χ0v) is 14.0. The number of nitrogens with zero attached hydrogens (tertiary/aromatic N) is 1. The zero-order chi connectivity index (χ0) is 17.7. The molecule has 0 bridgehead atoms. The van der Waals surface area contributed by atoms with Crippen LogP contribution in [0.2, 0.25) is 0 Å². The number of nitrogens with one attached hydrogen (secondary N) is 2. The van der Waals surface area contributed by atoms with Crippen LogP contribution in [0.15, 0.2) is 24.3 Å². The van der Waals surface area contributed by atoms with Gasteiger partial charge in [-0.2, -0.15) is 13.2 Å². The zero-order valence-electron chi connectivity index (χ0n) is 14.0. The average molecular weight is 343 g/mol. The van der Waals surface area contributed by atoms with Crippen LogP contribution in [0.1, 0.15) is 43.5 Å². The quantitative estimate of drug-likeness (QED) is 0.864. The van der Waals surface area contributed by atoms with E-state index in [0.29, 0.717) is 11.6 Å². The summed E-state index contributed by atoms with van der Waals surface area (Å²) in [5, 5.41) is 5.31. The van der Waals surface area contributed by atoms with Gasteiger partial charge in [-0.3, -0.25) is 9.69 Å². The number of hydrogen-bond acceptors (Lipinski definition) is 3. The average Bonchev–Trinajstić information content (AvgIpc) is 2.56. The van der Waals surface area contributed by atoms with E-state index in [0.717, 1.165) is 38.2 Å². The van der Waals surface area contributed by atoms with Crippen LogP contribution < -0.4 is 10.6 Å². The van der Waals surface area contributed by atoms with Crippen LogP contribution in [0, 0.1) is 0 Å². The molecule has 24 heavy (non-hydrogen) atoms. The van der Waals surface area contributed by atoms with Crippen LogP contribution in [0.3, 0.4) is 0 Å². The van der Waals surface area contributed by atoms with E-state index in [-0.39, 0.29) is 0 Å². The molecular formula is C17H24F3N3O. The topological polar surface area (TPSA) is 44.4 Å². The number of benzene rings is 1. The van der Waals surface area contributed by atoms with Crippen molar-refractivity contribution in [3.8, 4) is 0 Å². The number of halogens is 3. The normalized spacial score (nSPS) is 18.9. The van der Waals surface area contributed by atoms with E-state index >= 15 is 0 Å². The first kappa shape index (κ1) is 18.7. The Morgan fingerprint density at radius 1 is 1.21 bits per heavy atom. The third-order valence-electron chi connectivity index (χ3n) is 4.41. The minimum absolute atomic E-state index is 0.307. The summed E-state index contributed by atoms with van der Waals surface area (Å²) < 4.78 is 37.0. The summed E-state index contributed by atoms with van der Waals surface area (Å²) in [6.45, 7) is 7.58. The minimum atomic E-state index is -4.86. The van der Waals surface area contributed by atoms with Gasteiger partial charge in [-0.25, -0.2) is 0 Å². The molecule has 1 aliphatic heterocycles. The van der Waals surface area contributed by atoms with Crippen LogP contribution >= 0.6 is 0 Å². The fourth-order valence-electron chi connectivity index (χ4n) is 3.07. The minimum Gasteiger partial charge on any atom is -0.342 e. The molecule has 1 fully saturated rings. The van der Waals surface area contributed by atoms with E-state index in [1.165, 1.54) is 0 Å². The Labute approximate surface area is 140 Å². The second kappa shape index (κ2) is 7.98. The van der Waals surface area contributed by atoms with E-state index in [4.69, 9.17) is 0 Å². The lowest BCUT2D eigenvalue weighted by atomic mass is 9.98. The number of alkyl halides is 3. The highest BCUT2D eigenvalue weighted by Crippen LogP contribution is 2.26. The SMILES string of the molecule is CCC(c1ccc([C@H](C)NC(=O)C(F)(F)F)cc1)N1CCNCC1. The largest absolute Gasteiger partial charge is 0.471 e. The maximum atomic E-state index is 12.3. The summed E-state index contributed by atoms with van der Waals surface area (Å²) in [4.78, 5) is 13.4. The van der Waals surface area contributed by atoms with Crippen LogP contribution in [0.4, 0.5) is 13.2 Å². The van der Waals surface area contributed by atoms with Crippen molar-refractivity contribution in [2.75, 3.05) is 26.2 Å². The van der Waals surface area contributed by atoms with Gasteiger partial charge in [0.2, 0.25) is 0 Å². The van der Waals surface area contributed by atoms with Gasteiger partial charge in [-0.15, -0.1) is 0 Å². The van der Waals surface area contributed by atoms with E-state index in [1.807, 2.05) is 17.4 Å². The second-order valence-electron chi connectivity index (χ2n) is 6.07. The van der Waals surface area contributed by atoms with Crippen molar-refractivity contribution in [2.45, 2.75) is 38.5 Å². The van der Waals surface area contributed by atoms with Crippen molar-refractivity contribution in [1.29, 1.82) is 0 Å². The van der Waals surface area contributed by atoms with Gasteiger partial charge in [0.1, 0.15) is 0 Å². The van der Waals surface area contributed by atoms with Gasteiger partial charge in [0.25, 0.3) is 0 Å². The highest BCUT2D eigenvalue weighted by Gasteiger charge is 2.39. The summed E-state index contributed by atoms with van der Waals surface area (Å²) >= 11 is 0. The summed E-state index contributed by atoms with van der Waals surface area (Å²) in [5.74, 6) is -1.91. The molecule has 0 saturated carbocycles. The molecule has 1 aromatic carbocycles. The monoisotopic (exact) mass is 343 g/mol. The molecule has 1 aromatic rings. The number of piperazine rings is 1. The number of carbonyl (C=O) groups is 1. The predicted molar refractivity (Wildman–Crippen MR) is 86.5 cm³/mol. The highest BCUT2D eigenvalue weighted by atomic mass is 19.4. The van der Waals surface area contributed by atoms with E-state index in [1.54, 1.807) is 19.1 Å². The molecule has 1 saturated heterocycles. The van der Waals surface area contributed by atoms with Crippen LogP contribution in [0.25, 0.3) is 0 Å². The molecule has 0 spiro atoms. The molecule has 7 heteroatoms. The highest BCUT2D eigenvalue weighted by molar-refractivity contribution is 5.82. The molecule has 4 nitrogen and oxygen atoms in total. The third kappa shape index (κ3) is 4.70. The second-order valence-corrected chi connectivity index (χ2v) is 6.07. The Kier molecular flexibility index (Phi) is 6.23. The Morgan fingerprint density at radius 3 is 2.25 bits per heavy atom. The first-order valence-corrected chi connectivity index (χ1v) is 8.25. The molecule has 2 N–H and O–H groups in total. The predicted octanol–water partition coefficient (Wildman–Crippen LogP) is 2.78. The Morgan fingerprint density at radius 2 is 1.75 bits per heavy atom. The maximum absolute atomic E-state index is 12.3. The first-order valence-electron chi connectivity index (χ1n) is 8.25. The van der Waals surface area contributed by atoms with Crippen LogP contribution in [-0.2, 0) is 4.79 Å². The standard InChI is InChI=1S/C17H24F3N3O/c1-3-15(23-10-8-21-9-11-23)14-6-4-13(5-7-14)12(2)22-16(24)17(18,19)20/h4-7,12,15,21H,3,8-11H2,1-2H3,(H,22,24)/t12-,15?/m0/s1. The fraction of sp³-hybridized carbons (Fsp3) is 0.588. The van der Waals surface area contributed by atoms with Crippen molar-refractivity contribution >= 4 is 5.91 Å². The Balaban J connectivity index is 2.04. The summed E-state index contributed by atoms with van der Waals surface area (Å²) in [5.41, 5.74) is 1.81. The van der Waals surface area contributed by atoms with Gasteiger partial charge in [-0.05, 0) is 24.5 Å². The van der Waals surface area contributed by atoms with Gasteiger partial charge in [-0.1, -0.05) is 31.2 Å². The molecule has 134 valence electrons. The van der Waals surface area contributed by atoms with E-state index in [9.17, 15) is 18.0 Å². The molecule has 1 aliphatic rings. The number of carbonyl (C=O) groups excluding carboxylic acids is 1. The molecule has 1 amide bonds. The number of hydrogen-bond donors (Lipinski definition) is 2. The van der Waals surface area contributed by atoms with Crippen LogP contribution in [0.5, 0.6) is 0 Å². The van der Waals surface area contributed by atoms with Crippen molar-refractivity contribution in [3.63, 3.8) is 0 Å². The Hall–Kier alpha value is -1.60. The molecule has 2 rings (SSSR count). The summed E-state index contributed by atoms with van der Waals surface area (Å²) in [6, 6.07) is 7.10. The van der Waals surface area contributed by atoms with E-state index < -0.39 is 18.1 Å². The maximum Gasteiger partial charge on any atom is 0.471 e. The van der Waals surface area contributed by atoms with Gasteiger partial charge in [0.15, 0.2) is 0 Å². The Bertz CT molecular complexity index is 539. The fourth-order valence-corrected chi connectivity index (χ4v) is 3.07. The van der Waals surface area contributed by atoms with Crippen molar-refractivity contribution in [1.82, 2.24) is 15.5 Å². The molecule has 1 unspecified atom stereocenters. The lowest BCUT2D eigenvalue weighted by molar-refractivity contribution is -0.174. The molecule has 0 aliphatic carbocycles. The molecule has 0 radical (unpaired) electrons. The van der Waals surface area contributed by atoms with Gasteiger partial charge in [0.05, 0.1) is 6.04 Å². The summed E-state index contributed by atoms with van der Waals surface area (Å²) in [6.07, 6.45) is -3.89. The molecule has 0 aromatic heterocycles. The molecular weight excluding hydrogens is 319 g/mol. The van der Waals surface area contributed by atoms with Gasteiger partial charge in [0, 0.05) is 32.2 Å². The van der Waals surface area contributed by atoms with Gasteiger partial charge >= 0.3 is 12.1 Å². The lowest BCUT2D eigenvalue weighted by Gasteiger charge is -2.34.